The van der Waals surface area contributed by atoms with Gasteiger partial charge in [0.05, 0.1) is 6.10 Å². The first-order valence-corrected chi connectivity index (χ1v) is 7.36. The number of ether oxygens (including phenoxy) is 1. The summed E-state index contributed by atoms with van der Waals surface area (Å²) in [5.41, 5.74) is 0. The third kappa shape index (κ3) is 4.95. The Kier molecular flexibility index (Phi) is 6.58. The van der Waals surface area contributed by atoms with Crippen LogP contribution in [0.2, 0.25) is 0 Å². The van der Waals surface area contributed by atoms with Gasteiger partial charge < -0.3 is 10.1 Å². The fourth-order valence-corrected chi connectivity index (χ4v) is 3.17. The minimum atomic E-state index is 0.337. The predicted molar refractivity (Wildman–Crippen MR) is 74.1 cm³/mol. The van der Waals surface area contributed by atoms with Crippen LogP contribution in [-0.4, -0.2) is 19.3 Å². The molecular weight excluding hydrogens is 286 g/mol. The zero-order valence-electron chi connectivity index (χ0n) is 10.1. The highest BCUT2D eigenvalue weighted by molar-refractivity contribution is 9.10. The molecule has 0 saturated carbocycles. The van der Waals surface area contributed by atoms with Crippen molar-refractivity contribution in [1.82, 2.24) is 5.32 Å². The smallest absolute Gasteiger partial charge is 0.0518 e. The molecular formula is C12H20BrNOS. The van der Waals surface area contributed by atoms with E-state index in [1.165, 1.54) is 9.35 Å². The molecule has 1 heterocycles. The summed E-state index contributed by atoms with van der Waals surface area (Å²) >= 11 is 5.34. The van der Waals surface area contributed by atoms with Gasteiger partial charge in [-0.25, -0.2) is 0 Å². The predicted octanol–water partition coefficient (Wildman–Crippen LogP) is 3.98. The second-order valence-corrected chi connectivity index (χ2v) is 5.88. The van der Waals surface area contributed by atoms with E-state index >= 15 is 0 Å². The quantitative estimate of drug-likeness (QED) is 0.770. The Bertz CT molecular complexity index is 301. The average Bonchev–Trinajstić information content (AvgIpc) is 2.63. The normalized spacial score (nSPS) is 13.3. The van der Waals surface area contributed by atoms with Crippen LogP contribution < -0.4 is 5.32 Å². The molecule has 1 atom stereocenters. The molecule has 1 aromatic rings. The molecule has 0 bridgehead atoms. The molecule has 0 saturated heterocycles. The van der Waals surface area contributed by atoms with Gasteiger partial charge in [0.2, 0.25) is 0 Å². The fraction of sp³-hybridized carbons (Fsp3) is 0.667. The Hall–Kier alpha value is 0.100. The first kappa shape index (κ1) is 14.2. The van der Waals surface area contributed by atoms with Crippen molar-refractivity contribution >= 4 is 27.3 Å². The van der Waals surface area contributed by atoms with Gasteiger partial charge in [-0.15, -0.1) is 11.3 Å². The monoisotopic (exact) mass is 305 g/mol. The number of hydrogen-bond acceptors (Lipinski definition) is 3. The molecule has 2 nitrogen and oxygen atoms in total. The minimum Gasteiger partial charge on any atom is -0.379 e. The van der Waals surface area contributed by atoms with E-state index in [9.17, 15) is 0 Å². The van der Waals surface area contributed by atoms with Crippen LogP contribution in [0.4, 0.5) is 0 Å². The van der Waals surface area contributed by atoms with Gasteiger partial charge in [0, 0.05) is 22.0 Å². The standard InChI is InChI=1S/C12H20BrNOS/c1-9(2)15-7-4-6-14-10(3)12-11(13)5-8-16-12/h5,8-10,14H,4,6-7H2,1-3H3. The molecule has 0 aliphatic carbocycles. The van der Waals surface area contributed by atoms with Gasteiger partial charge in [0.15, 0.2) is 0 Å². The van der Waals surface area contributed by atoms with Gasteiger partial charge in [-0.3, -0.25) is 0 Å². The summed E-state index contributed by atoms with van der Waals surface area (Å²) in [5, 5.41) is 5.61. The van der Waals surface area contributed by atoms with E-state index in [4.69, 9.17) is 4.74 Å². The molecule has 0 fully saturated rings. The first-order chi connectivity index (χ1) is 7.61. The lowest BCUT2D eigenvalue weighted by Crippen LogP contribution is -2.21. The van der Waals surface area contributed by atoms with Gasteiger partial charge in [-0.2, -0.15) is 0 Å². The third-order valence-corrected chi connectivity index (χ3v) is 4.31. The third-order valence-electron chi connectivity index (χ3n) is 2.26. The van der Waals surface area contributed by atoms with E-state index < -0.39 is 0 Å². The van der Waals surface area contributed by atoms with Crippen LogP contribution in [0.3, 0.4) is 0 Å². The molecule has 1 unspecified atom stereocenters. The van der Waals surface area contributed by atoms with Crippen LogP contribution in [0.5, 0.6) is 0 Å². The molecule has 0 spiro atoms. The molecule has 0 aromatic carbocycles. The summed E-state index contributed by atoms with van der Waals surface area (Å²) < 4.78 is 6.70. The van der Waals surface area contributed by atoms with E-state index in [-0.39, 0.29) is 0 Å². The number of halogens is 1. The van der Waals surface area contributed by atoms with Crippen molar-refractivity contribution in [3.05, 3.63) is 20.8 Å². The van der Waals surface area contributed by atoms with Crippen LogP contribution in [0.1, 0.15) is 38.1 Å². The van der Waals surface area contributed by atoms with Crippen LogP contribution in [-0.2, 0) is 4.74 Å². The summed E-state index contributed by atoms with van der Waals surface area (Å²) in [4.78, 5) is 1.37. The molecule has 0 aliphatic rings. The SMILES string of the molecule is CC(C)OCCCNC(C)c1sccc1Br. The van der Waals surface area contributed by atoms with E-state index in [0.29, 0.717) is 12.1 Å². The van der Waals surface area contributed by atoms with E-state index in [1.54, 1.807) is 11.3 Å². The van der Waals surface area contributed by atoms with Gasteiger partial charge in [0.25, 0.3) is 0 Å². The van der Waals surface area contributed by atoms with Crippen molar-refractivity contribution in [3.63, 3.8) is 0 Å². The number of rotatable bonds is 7. The van der Waals surface area contributed by atoms with E-state index in [1.807, 2.05) is 0 Å². The second kappa shape index (κ2) is 7.43. The zero-order valence-corrected chi connectivity index (χ0v) is 12.5. The van der Waals surface area contributed by atoms with Crippen LogP contribution in [0.15, 0.2) is 15.9 Å². The number of nitrogens with one attached hydrogen (secondary N) is 1. The van der Waals surface area contributed by atoms with Crippen LogP contribution in [0.25, 0.3) is 0 Å². The number of hydrogen-bond donors (Lipinski definition) is 1. The van der Waals surface area contributed by atoms with Gasteiger partial charge >= 0.3 is 0 Å². The fourth-order valence-electron chi connectivity index (χ4n) is 1.42. The molecule has 0 aliphatic heterocycles. The zero-order chi connectivity index (χ0) is 12.0. The van der Waals surface area contributed by atoms with Gasteiger partial charge in [0.1, 0.15) is 0 Å². The first-order valence-electron chi connectivity index (χ1n) is 5.69. The lowest BCUT2D eigenvalue weighted by Gasteiger charge is -2.13. The molecule has 1 rings (SSSR count). The maximum Gasteiger partial charge on any atom is 0.0518 e. The lowest BCUT2D eigenvalue weighted by atomic mass is 10.2. The van der Waals surface area contributed by atoms with E-state index in [2.05, 4.69) is 53.5 Å². The van der Waals surface area contributed by atoms with Crippen molar-refractivity contribution < 1.29 is 4.74 Å². The average molecular weight is 306 g/mol. The highest BCUT2D eigenvalue weighted by Gasteiger charge is 2.09. The molecule has 1 N–H and O–H groups in total. The Morgan fingerprint density at radius 1 is 1.44 bits per heavy atom. The molecule has 0 radical (unpaired) electrons. The van der Waals surface area contributed by atoms with Crippen LogP contribution >= 0.6 is 27.3 Å². The van der Waals surface area contributed by atoms with Crippen molar-refractivity contribution in [2.24, 2.45) is 0 Å². The van der Waals surface area contributed by atoms with Gasteiger partial charge in [-0.1, -0.05) is 0 Å². The topological polar surface area (TPSA) is 21.3 Å². The Balaban J connectivity index is 2.16. The summed E-state index contributed by atoms with van der Waals surface area (Å²) in [7, 11) is 0. The van der Waals surface area contributed by atoms with Gasteiger partial charge in [-0.05, 0) is 61.1 Å². The summed E-state index contributed by atoms with van der Waals surface area (Å²) in [6.45, 7) is 8.17. The maximum absolute atomic E-state index is 5.49. The summed E-state index contributed by atoms with van der Waals surface area (Å²) in [6.07, 6.45) is 1.40. The minimum absolute atomic E-state index is 0.337. The highest BCUT2D eigenvalue weighted by Crippen LogP contribution is 2.28. The Morgan fingerprint density at radius 2 is 2.19 bits per heavy atom. The molecule has 92 valence electrons. The molecule has 0 amide bonds. The van der Waals surface area contributed by atoms with Crippen molar-refractivity contribution in [1.29, 1.82) is 0 Å². The summed E-state index contributed by atoms with van der Waals surface area (Å²) in [6, 6.07) is 2.51. The van der Waals surface area contributed by atoms with E-state index in [0.717, 1.165) is 19.6 Å². The van der Waals surface area contributed by atoms with Crippen LogP contribution in [0, 0.1) is 0 Å². The van der Waals surface area contributed by atoms with Crippen molar-refractivity contribution in [2.75, 3.05) is 13.2 Å². The molecule has 4 heteroatoms. The lowest BCUT2D eigenvalue weighted by molar-refractivity contribution is 0.0768. The molecule has 16 heavy (non-hydrogen) atoms. The van der Waals surface area contributed by atoms with Crippen molar-refractivity contribution in [3.8, 4) is 0 Å². The Labute approximate surface area is 111 Å². The highest BCUT2D eigenvalue weighted by atomic mass is 79.9. The van der Waals surface area contributed by atoms with Crippen molar-refractivity contribution in [2.45, 2.75) is 39.3 Å². The molecule has 1 aromatic heterocycles. The largest absolute Gasteiger partial charge is 0.379 e. The number of thiophene rings is 1. The second-order valence-electron chi connectivity index (χ2n) is 4.08. The maximum atomic E-state index is 5.49. The summed E-state index contributed by atoms with van der Waals surface area (Å²) in [5.74, 6) is 0. The Morgan fingerprint density at radius 3 is 2.75 bits per heavy atom.